The quantitative estimate of drug-likeness (QED) is 0.800. The number of thioether (sulfide) groups is 1. The fourth-order valence-electron chi connectivity index (χ4n) is 1.38. The van der Waals surface area contributed by atoms with Crippen LogP contribution in [-0.2, 0) is 9.59 Å². The van der Waals surface area contributed by atoms with Gasteiger partial charge in [0.25, 0.3) is 0 Å². The Kier molecular flexibility index (Phi) is 6.47. The summed E-state index contributed by atoms with van der Waals surface area (Å²) < 4.78 is 10.2. The van der Waals surface area contributed by atoms with Crippen molar-refractivity contribution < 1.29 is 24.2 Å². The number of methoxy groups -OCH3 is 2. The Bertz CT molecular complexity index is 509. The number of benzene rings is 1. The van der Waals surface area contributed by atoms with Gasteiger partial charge in [0.2, 0.25) is 5.91 Å². The molecule has 0 spiro atoms. The van der Waals surface area contributed by atoms with Gasteiger partial charge >= 0.3 is 5.97 Å². The van der Waals surface area contributed by atoms with Crippen LogP contribution in [0.2, 0.25) is 5.02 Å². The highest BCUT2D eigenvalue weighted by atomic mass is 35.5. The molecule has 0 saturated heterocycles. The van der Waals surface area contributed by atoms with Gasteiger partial charge in [0.15, 0.2) is 0 Å². The van der Waals surface area contributed by atoms with Gasteiger partial charge in [-0.3, -0.25) is 9.59 Å². The second-order valence-corrected chi connectivity index (χ2v) is 5.01. The van der Waals surface area contributed by atoms with Gasteiger partial charge in [0.05, 0.1) is 36.4 Å². The number of carbonyl (C=O) groups is 2. The number of carbonyl (C=O) groups excluding carboxylic acids is 1. The molecule has 110 valence electrons. The third-order valence-electron chi connectivity index (χ3n) is 2.21. The molecule has 0 aromatic heterocycles. The number of anilines is 1. The minimum absolute atomic E-state index is 0.0282. The van der Waals surface area contributed by atoms with Crippen molar-refractivity contribution >= 4 is 40.9 Å². The average molecular weight is 320 g/mol. The van der Waals surface area contributed by atoms with E-state index in [1.807, 2.05) is 0 Å². The zero-order valence-electron chi connectivity index (χ0n) is 10.9. The summed E-state index contributed by atoms with van der Waals surface area (Å²) in [5, 5.41) is 11.5. The third-order valence-corrected chi connectivity index (χ3v) is 3.42. The molecule has 0 unspecified atom stereocenters. The summed E-state index contributed by atoms with van der Waals surface area (Å²) in [6.45, 7) is 0. The van der Waals surface area contributed by atoms with E-state index in [4.69, 9.17) is 26.2 Å². The van der Waals surface area contributed by atoms with E-state index in [9.17, 15) is 9.59 Å². The highest BCUT2D eigenvalue weighted by Crippen LogP contribution is 2.35. The molecule has 6 nitrogen and oxygen atoms in total. The van der Waals surface area contributed by atoms with Crippen molar-refractivity contribution in [1.29, 1.82) is 0 Å². The van der Waals surface area contributed by atoms with Gasteiger partial charge in [0, 0.05) is 12.1 Å². The second-order valence-electron chi connectivity index (χ2n) is 3.62. The predicted octanol–water partition coefficient (Wildman–Crippen LogP) is 2.11. The molecule has 0 aliphatic heterocycles. The van der Waals surface area contributed by atoms with E-state index in [2.05, 4.69) is 5.32 Å². The molecule has 1 amide bonds. The summed E-state index contributed by atoms with van der Waals surface area (Å²) in [5.74, 6) is -0.602. The van der Waals surface area contributed by atoms with E-state index in [0.717, 1.165) is 11.8 Å². The first-order chi connectivity index (χ1) is 9.47. The summed E-state index contributed by atoms with van der Waals surface area (Å²) in [7, 11) is 2.91. The smallest absolute Gasteiger partial charge is 0.313 e. The summed E-state index contributed by atoms with van der Waals surface area (Å²) in [5.41, 5.74) is 0.412. The number of rotatable bonds is 7. The Morgan fingerprint density at radius 1 is 1.25 bits per heavy atom. The van der Waals surface area contributed by atoms with Crippen molar-refractivity contribution in [3.8, 4) is 11.5 Å². The van der Waals surface area contributed by atoms with E-state index in [0.29, 0.717) is 22.2 Å². The first kappa shape index (κ1) is 16.5. The summed E-state index contributed by atoms with van der Waals surface area (Å²) in [6, 6.07) is 3.07. The van der Waals surface area contributed by atoms with Crippen LogP contribution in [-0.4, -0.2) is 42.7 Å². The van der Waals surface area contributed by atoms with Crippen LogP contribution in [0.1, 0.15) is 0 Å². The van der Waals surface area contributed by atoms with E-state index in [-0.39, 0.29) is 17.4 Å². The zero-order chi connectivity index (χ0) is 15.1. The normalized spacial score (nSPS) is 9.95. The van der Waals surface area contributed by atoms with Crippen LogP contribution >= 0.6 is 23.4 Å². The van der Waals surface area contributed by atoms with Crippen molar-refractivity contribution in [3.05, 3.63) is 17.2 Å². The van der Waals surface area contributed by atoms with Crippen LogP contribution in [0.3, 0.4) is 0 Å². The molecule has 8 heteroatoms. The molecule has 1 aromatic rings. The zero-order valence-corrected chi connectivity index (χ0v) is 12.5. The van der Waals surface area contributed by atoms with E-state index in [1.165, 1.54) is 20.3 Å². The third kappa shape index (κ3) is 4.82. The number of aliphatic carboxylic acids is 1. The monoisotopic (exact) mass is 319 g/mol. The second kappa shape index (κ2) is 7.86. The summed E-state index contributed by atoms with van der Waals surface area (Å²) in [6.07, 6.45) is 0. The standard InChI is InChI=1S/C12H14ClNO5S/c1-18-9-4-8(10(19-2)3-7(9)13)14-11(15)5-20-6-12(16)17/h3-4H,5-6H2,1-2H3,(H,14,15)(H,16,17). The minimum Gasteiger partial charge on any atom is -0.495 e. The van der Waals surface area contributed by atoms with Gasteiger partial charge in [-0.05, 0) is 0 Å². The Hall–Kier alpha value is -1.60. The number of carboxylic acids is 1. The maximum absolute atomic E-state index is 11.7. The van der Waals surface area contributed by atoms with Crippen molar-refractivity contribution in [1.82, 2.24) is 0 Å². The highest BCUT2D eigenvalue weighted by Gasteiger charge is 2.12. The molecular formula is C12H14ClNO5S. The molecule has 0 bridgehead atoms. The SMILES string of the molecule is COc1cc(NC(=O)CSCC(=O)O)c(OC)cc1Cl. The largest absolute Gasteiger partial charge is 0.495 e. The number of amides is 1. The molecule has 1 aromatic carbocycles. The first-order valence-corrected chi connectivity index (χ1v) is 7.02. The van der Waals surface area contributed by atoms with Crippen LogP contribution in [0.4, 0.5) is 5.69 Å². The van der Waals surface area contributed by atoms with Crippen molar-refractivity contribution in [2.75, 3.05) is 31.0 Å². The molecule has 0 aliphatic carbocycles. The highest BCUT2D eigenvalue weighted by molar-refractivity contribution is 8.00. The van der Waals surface area contributed by atoms with Crippen molar-refractivity contribution in [2.24, 2.45) is 0 Å². The van der Waals surface area contributed by atoms with Gasteiger partial charge in [-0.1, -0.05) is 11.6 Å². The maximum atomic E-state index is 11.7. The number of hydrogen-bond acceptors (Lipinski definition) is 5. The Balaban J connectivity index is 2.75. The number of nitrogens with one attached hydrogen (secondary N) is 1. The molecular weight excluding hydrogens is 306 g/mol. The predicted molar refractivity (Wildman–Crippen MR) is 78.1 cm³/mol. The van der Waals surface area contributed by atoms with Crippen LogP contribution in [0.5, 0.6) is 11.5 Å². The van der Waals surface area contributed by atoms with Gasteiger partial charge in [0.1, 0.15) is 11.5 Å². The summed E-state index contributed by atoms with van der Waals surface area (Å²) in [4.78, 5) is 22.0. The van der Waals surface area contributed by atoms with Crippen LogP contribution in [0.15, 0.2) is 12.1 Å². The number of ether oxygens (including phenoxy) is 2. The lowest BCUT2D eigenvalue weighted by molar-refractivity contribution is -0.133. The number of halogens is 1. The van der Waals surface area contributed by atoms with Gasteiger partial charge in [-0.25, -0.2) is 0 Å². The van der Waals surface area contributed by atoms with Crippen molar-refractivity contribution in [3.63, 3.8) is 0 Å². The molecule has 20 heavy (non-hydrogen) atoms. The summed E-state index contributed by atoms with van der Waals surface area (Å²) >= 11 is 6.95. The van der Waals surface area contributed by atoms with Gasteiger partial charge in [-0.2, -0.15) is 0 Å². The fourth-order valence-corrected chi connectivity index (χ4v) is 2.14. The Morgan fingerprint density at radius 3 is 2.45 bits per heavy atom. The molecule has 0 fully saturated rings. The van der Waals surface area contributed by atoms with E-state index < -0.39 is 5.97 Å². The fraction of sp³-hybridized carbons (Fsp3) is 0.333. The molecule has 2 N–H and O–H groups in total. The lowest BCUT2D eigenvalue weighted by Gasteiger charge is -2.12. The molecule has 0 radical (unpaired) electrons. The van der Waals surface area contributed by atoms with Crippen LogP contribution < -0.4 is 14.8 Å². The average Bonchev–Trinajstić information content (AvgIpc) is 2.39. The topological polar surface area (TPSA) is 84.9 Å². The molecule has 0 aliphatic rings. The molecule has 0 heterocycles. The van der Waals surface area contributed by atoms with E-state index >= 15 is 0 Å². The maximum Gasteiger partial charge on any atom is 0.313 e. The number of hydrogen-bond donors (Lipinski definition) is 2. The molecule has 0 saturated carbocycles. The van der Waals surface area contributed by atoms with Crippen LogP contribution in [0.25, 0.3) is 0 Å². The Labute approximate surface area is 125 Å². The van der Waals surface area contributed by atoms with Gasteiger partial charge in [-0.15, -0.1) is 11.8 Å². The lowest BCUT2D eigenvalue weighted by atomic mass is 10.2. The first-order valence-electron chi connectivity index (χ1n) is 5.48. The van der Waals surface area contributed by atoms with Crippen molar-refractivity contribution in [2.45, 2.75) is 0 Å². The minimum atomic E-state index is -0.964. The Morgan fingerprint density at radius 2 is 1.90 bits per heavy atom. The van der Waals surface area contributed by atoms with Crippen LogP contribution in [0, 0.1) is 0 Å². The van der Waals surface area contributed by atoms with Gasteiger partial charge < -0.3 is 19.9 Å². The molecule has 0 atom stereocenters. The van der Waals surface area contributed by atoms with E-state index in [1.54, 1.807) is 6.07 Å². The lowest BCUT2D eigenvalue weighted by Crippen LogP contribution is -2.16. The molecule has 1 rings (SSSR count). The number of carboxylic acid groups (broad SMARTS) is 1.